The zero-order chi connectivity index (χ0) is 15.2. The maximum absolute atomic E-state index is 6.53. The van der Waals surface area contributed by atoms with E-state index in [2.05, 4.69) is 30.9 Å². The average molecular weight is 309 g/mol. The molecular formula is C18H29ClN2. The van der Waals surface area contributed by atoms with E-state index < -0.39 is 0 Å². The Labute approximate surface area is 134 Å². The summed E-state index contributed by atoms with van der Waals surface area (Å²) < 4.78 is 0. The van der Waals surface area contributed by atoms with E-state index in [0.29, 0.717) is 0 Å². The van der Waals surface area contributed by atoms with Crippen molar-refractivity contribution in [3.05, 3.63) is 28.8 Å². The fraction of sp³-hybridized carbons (Fsp3) is 0.667. The van der Waals surface area contributed by atoms with Gasteiger partial charge in [0.15, 0.2) is 0 Å². The van der Waals surface area contributed by atoms with Crippen LogP contribution in [0.1, 0.15) is 51.5 Å². The first kappa shape index (κ1) is 16.6. The molecule has 0 bridgehead atoms. The molecule has 0 aromatic heterocycles. The number of para-hydroxylation sites is 1. The second-order valence-corrected chi connectivity index (χ2v) is 6.72. The van der Waals surface area contributed by atoms with Crippen LogP contribution in [0.3, 0.4) is 0 Å². The van der Waals surface area contributed by atoms with Crippen molar-refractivity contribution in [2.45, 2.75) is 58.4 Å². The van der Waals surface area contributed by atoms with Gasteiger partial charge in [0, 0.05) is 19.1 Å². The Balaban J connectivity index is 2.21. The highest BCUT2D eigenvalue weighted by molar-refractivity contribution is 6.33. The van der Waals surface area contributed by atoms with Crippen molar-refractivity contribution in [1.29, 1.82) is 0 Å². The van der Waals surface area contributed by atoms with Gasteiger partial charge in [0.1, 0.15) is 0 Å². The lowest BCUT2D eigenvalue weighted by atomic mass is 9.98. The highest BCUT2D eigenvalue weighted by atomic mass is 35.5. The minimum Gasteiger partial charge on any atom is -0.370 e. The molecule has 0 radical (unpaired) electrons. The predicted octanol–water partition coefficient (Wildman–Crippen LogP) is 4.64. The Morgan fingerprint density at radius 1 is 1.29 bits per heavy atom. The first-order chi connectivity index (χ1) is 10.2. The first-order valence-electron chi connectivity index (χ1n) is 8.43. The maximum atomic E-state index is 6.53. The maximum Gasteiger partial charge on any atom is 0.0642 e. The Hall–Kier alpha value is -0.730. The van der Waals surface area contributed by atoms with Crippen molar-refractivity contribution in [1.82, 2.24) is 0 Å². The van der Waals surface area contributed by atoms with Crippen molar-refractivity contribution in [2.75, 3.05) is 18.0 Å². The number of hydrogen-bond acceptors (Lipinski definition) is 2. The zero-order valence-electron chi connectivity index (χ0n) is 13.4. The fourth-order valence-electron chi connectivity index (χ4n) is 3.30. The van der Waals surface area contributed by atoms with Crippen molar-refractivity contribution in [2.24, 2.45) is 11.7 Å². The lowest BCUT2D eigenvalue weighted by molar-refractivity contribution is 0.459. The van der Waals surface area contributed by atoms with Gasteiger partial charge in [0.2, 0.25) is 0 Å². The Morgan fingerprint density at radius 3 is 2.81 bits per heavy atom. The van der Waals surface area contributed by atoms with Crippen LogP contribution in [0.4, 0.5) is 5.69 Å². The minimum absolute atomic E-state index is 0.220. The standard InChI is InChI=1S/C18H29ClN2/c1-3-14-7-6-11-21(12-10-14)18-15(13-16(20)4-2)8-5-9-17(18)19/h5,8-9,14,16H,3-4,6-7,10-13,20H2,1-2H3. The summed E-state index contributed by atoms with van der Waals surface area (Å²) in [6.07, 6.45) is 7.11. The van der Waals surface area contributed by atoms with Gasteiger partial charge in [-0.15, -0.1) is 0 Å². The molecule has 0 aliphatic carbocycles. The summed E-state index contributed by atoms with van der Waals surface area (Å²) in [5, 5.41) is 0.880. The number of nitrogens with zero attached hydrogens (tertiary/aromatic N) is 1. The van der Waals surface area contributed by atoms with Crippen molar-refractivity contribution >= 4 is 17.3 Å². The van der Waals surface area contributed by atoms with Crippen molar-refractivity contribution in [3.8, 4) is 0 Å². The Bertz CT molecular complexity index is 447. The van der Waals surface area contributed by atoms with Gasteiger partial charge >= 0.3 is 0 Å². The SMILES string of the molecule is CCC(N)Cc1cccc(Cl)c1N1CCCC(CC)CC1. The molecular weight excluding hydrogens is 280 g/mol. The van der Waals surface area contributed by atoms with Gasteiger partial charge in [-0.25, -0.2) is 0 Å². The zero-order valence-corrected chi connectivity index (χ0v) is 14.2. The molecule has 1 aliphatic heterocycles. The molecule has 0 amide bonds. The molecule has 2 atom stereocenters. The van der Waals surface area contributed by atoms with Gasteiger partial charge < -0.3 is 10.6 Å². The monoisotopic (exact) mass is 308 g/mol. The normalized spacial score (nSPS) is 21.1. The van der Waals surface area contributed by atoms with Gasteiger partial charge in [-0.3, -0.25) is 0 Å². The summed E-state index contributed by atoms with van der Waals surface area (Å²) >= 11 is 6.53. The Morgan fingerprint density at radius 2 is 2.10 bits per heavy atom. The molecule has 0 saturated carbocycles. The molecule has 2 nitrogen and oxygen atoms in total. The van der Waals surface area contributed by atoms with Crippen LogP contribution in [-0.2, 0) is 6.42 Å². The van der Waals surface area contributed by atoms with E-state index >= 15 is 0 Å². The topological polar surface area (TPSA) is 29.3 Å². The average Bonchev–Trinajstić information content (AvgIpc) is 2.72. The molecule has 1 aromatic rings. The largest absolute Gasteiger partial charge is 0.370 e. The second kappa shape index (κ2) is 8.05. The number of rotatable bonds is 5. The first-order valence-corrected chi connectivity index (χ1v) is 8.81. The molecule has 2 N–H and O–H groups in total. The van der Waals surface area contributed by atoms with Crippen LogP contribution in [0.5, 0.6) is 0 Å². The molecule has 2 unspecified atom stereocenters. The van der Waals surface area contributed by atoms with Gasteiger partial charge in [-0.05, 0) is 49.7 Å². The smallest absolute Gasteiger partial charge is 0.0642 e. The summed E-state index contributed by atoms with van der Waals surface area (Å²) in [6.45, 7) is 6.69. The third-order valence-corrected chi connectivity index (χ3v) is 5.12. The van der Waals surface area contributed by atoms with E-state index in [4.69, 9.17) is 17.3 Å². The van der Waals surface area contributed by atoms with E-state index in [1.165, 1.54) is 36.9 Å². The highest BCUT2D eigenvalue weighted by Gasteiger charge is 2.20. The van der Waals surface area contributed by atoms with Gasteiger partial charge in [-0.1, -0.05) is 44.0 Å². The number of anilines is 1. The van der Waals surface area contributed by atoms with Crippen molar-refractivity contribution in [3.63, 3.8) is 0 Å². The summed E-state index contributed by atoms with van der Waals surface area (Å²) in [7, 11) is 0. The van der Waals surface area contributed by atoms with E-state index in [1.807, 2.05) is 6.07 Å². The fourth-order valence-corrected chi connectivity index (χ4v) is 3.62. The van der Waals surface area contributed by atoms with E-state index in [1.54, 1.807) is 0 Å². The number of benzene rings is 1. The Kier molecular flexibility index (Phi) is 6.38. The van der Waals surface area contributed by atoms with Crippen LogP contribution in [0.15, 0.2) is 18.2 Å². The molecule has 1 fully saturated rings. The molecule has 3 heteroatoms. The third-order valence-electron chi connectivity index (χ3n) is 4.82. The molecule has 1 aromatic carbocycles. The van der Waals surface area contributed by atoms with E-state index in [-0.39, 0.29) is 6.04 Å². The number of halogens is 1. The summed E-state index contributed by atoms with van der Waals surface area (Å²) in [5.41, 5.74) is 8.71. The van der Waals surface area contributed by atoms with Crippen LogP contribution < -0.4 is 10.6 Å². The van der Waals surface area contributed by atoms with E-state index in [0.717, 1.165) is 36.9 Å². The van der Waals surface area contributed by atoms with Crippen molar-refractivity contribution < 1.29 is 0 Å². The second-order valence-electron chi connectivity index (χ2n) is 6.31. The van der Waals surface area contributed by atoms with Crippen LogP contribution in [-0.4, -0.2) is 19.1 Å². The molecule has 2 rings (SSSR count). The quantitative estimate of drug-likeness (QED) is 0.859. The summed E-state index contributed by atoms with van der Waals surface area (Å²) in [6, 6.07) is 6.48. The molecule has 0 spiro atoms. The summed E-state index contributed by atoms with van der Waals surface area (Å²) in [5.74, 6) is 0.874. The number of hydrogen-bond donors (Lipinski definition) is 1. The van der Waals surface area contributed by atoms with Gasteiger partial charge in [0.05, 0.1) is 10.7 Å². The molecule has 1 heterocycles. The minimum atomic E-state index is 0.220. The van der Waals surface area contributed by atoms with Crippen LogP contribution in [0.25, 0.3) is 0 Å². The molecule has 1 aliphatic rings. The van der Waals surface area contributed by atoms with Gasteiger partial charge in [-0.2, -0.15) is 0 Å². The van der Waals surface area contributed by atoms with Crippen LogP contribution in [0.2, 0.25) is 5.02 Å². The van der Waals surface area contributed by atoms with E-state index in [9.17, 15) is 0 Å². The van der Waals surface area contributed by atoms with Crippen LogP contribution >= 0.6 is 11.6 Å². The molecule has 1 saturated heterocycles. The van der Waals surface area contributed by atoms with Gasteiger partial charge in [0.25, 0.3) is 0 Å². The van der Waals surface area contributed by atoms with Crippen LogP contribution in [0, 0.1) is 5.92 Å². The third kappa shape index (κ3) is 4.37. The lowest BCUT2D eigenvalue weighted by Gasteiger charge is -2.27. The summed E-state index contributed by atoms with van der Waals surface area (Å²) in [4.78, 5) is 2.50. The highest BCUT2D eigenvalue weighted by Crippen LogP contribution is 2.33. The predicted molar refractivity (Wildman–Crippen MR) is 93.3 cm³/mol. The molecule has 21 heavy (non-hydrogen) atoms. The lowest BCUT2D eigenvalue weighted by Crippen LogP contribution is -2.28. The molecule has 118 valence electrons. The number of nitrogens with two attached hydrogens (primary N) is 1.